The Hall–Kier alpha value is -0.170. The Morgan fingerprint density at radius 2 is 1.83 bits per heavy atom. The van der Waals surface area contributed by atoms with Gasteiger partial charge in [0.2, 0.25) is 10.0 Å². The lowest BCUT2D eigenvalue weighted by molar-refractivity contribution is 0.117. The molecule has 0 aromatic heterocycles. The number of likely N-dealkylation sites (N-methyl/N-ethyl adjacent to an activating group) is 1. The molecule has 2 rings (SSSR count). The Bertz CT molecular complexity index is 364. The molecule has 0 aliphatic carbocycles. The van der Waals surface area contributed by atoms with Crippen LogP contribution in [0.5, 0.6) is 0 Å². The van der Waals surface area contributed by atoms with E-state index in [9.17, 15) is 8.42 Å². The lowest BCUT2D eigenvalue weighted by atomic mass is 10.2. The van der Waals surface area contributed by atoms with Crippen molar-refractivity contribution >= 4 is 10.0 Å². The summed E-state index contributed by atoms with van der Waals surface area (Å²) in [7, 11) is -0.872. The SMILES string of the molecule is CCCCN1CC(N2CCN(C)CC2)CS1(=O)=O. The number of unbranched alkanes of at least 4 members (excludes halogenated alkanes) is 1. The summed E-state index contributed by atoms with van der Waals surface area (Å²) in [6.07, 6.45) is 2.01. The van der Waals surface area contributed by atoms with Gasteiger partial charge < -0.3 is 4.90 Å². The van der Waals surface area contributed by atoms with Crippen LogP contribution in [0.4, 0.5) is 0 Å². The van der Waals surface area contributed by atoms with E-state index in [1.54, 1.807) is 4.31 Å². The van der Waals surface area contributed by atoms with Gasteiger partial charge in [0.25, 0.3) is 0 Å². The van der Waals surface area contributed by atoms with Gasteiger partial charge in [-0.25, -0.2) is 12.7 Å². The summed E-state index contributed by atoms with van der Waals surface area (Å²) in [5.41, 5.74) is 0. The fraction of sp³-hybridized carbons (Fsp3) is 1.00. The molecule has 0 saturated carbocycles. The summed E-state index contributed by atoms with van der Waals surface area (Å²) in [6.45, 7) is 7.59. The Labute approximate surface area is 111 Å². The average Bonchev–Trinajstić information content (AvgIpc) is 2.63. The summed E-state index contributed by atoms with van der Waals surface area (Å²) in [5.74, 6) is 0.320. The monoisotopic (exact) mass is 275 g/mol. The first-order chi connectivity index (χ1) is 8.53. The van der Waals surface area contributed by atoms with Gasteiger partial charge in [0.05, 0.1) is 5.75 Å². The third-order valence-electron chi connectivity index (χ3n) is 4.03. The Balaban J connectivity index is 1.93. The molecule has 2 aliphatic rings. The molecule has 2 heterocycles. The summed E-state index contributed by atoms with van der Waals surface area (Å²) in [5, 5.41) is 0. The highest BCUT2D eigenvalue weighted by Gasteiger charge is 2.38. The van der Waals surface area contributed by atoms with Crippen LogP contribution in [0.2, 0.25) is 0 Å². The maximum absolute atomic E-state index is 12.1. The van der Waals surface area contributed by atoms with Crippen LogP contribution >= 0.6 is 0 Å². The first-order valence-electron chi connectivity index (χ1n) is 6.93. The first kappa shape index (κ1) is 14.2. The Morgan fingerprint density at radius 1 is 1.17 bits per heavy atom. The van der Waals surface area contributed by atoms with E-state index in [1.165, 1.54) is 0 Å². The molecule has 0 radical (unpaired) electrons. The van der Waals surface area contributed by atoms with Gasteiger partial charge in [-0.15, -0.1) is 0 Å². The van der Waals surface area contributed by atoms with Crippen LogP contribution in [0, 0.1) is 0 Å². The van der Waals surface area contributed by atoms with Crippen molar-refractivity contribution < 1.29 is 8.42 Å². The number of piperazine rings is 1. The fourth-order valence-electron chi connectivity index (χ4n) is 2.72. The molecule has 0 amide bonds. The zero-order chi connectivity index (χ0) is 13.2. The Morgan fingerprint density at radius 3 is 2.44 bits per heavy atom. The number of sulfonamides is 1. The minimum absolute atomic E-state index is 0.209. The number of nitrogens with zero attached hydrogens (tertiary/aromatic N) is 3. The van der Waals surface area contributed by atoms with Gasteiger partial charge >= 0.3 is 0 Å². The van der Waals surface area contributed by atoms with E-state index in [0.717, 1.165) is 39.0 Å². The van der Waals surface area contributed by atoms with Crippen LogP contribution in [-0.2, 0) is 10.0 Å². The molecule has 1 atom stereocenters. The van der Waals surface area contributed by atoms with Gasteiger partial charge in [-0.2, -0.15) is 0 Å². The van der Waals surface area contributed by atoms with Crippen LogP contribution < -0.4 is 0 Å². The maximum atomic E-state index is 12.1. The summed E-state index contributed by atoms with van der Waals surface area (Å²) < 4.78 is 25.8. The summed E-state index contributed by atoms with van der Waals surface area (Å²) >= 11 is 0. The molecule has 5 nitrogen and oxygen atoms in total. The van der Waals surface area contributed by atoms with Crippen molar-refractivity contribution in [3.05, 3.63) is 0 Å². The molecule has 2 aliphatic heterocycles. The van der Waals surface area contributed by atoms with Crippen molar-refractivity contribution in [1.29, 1.82) is 0 Å². The lowest BCUT2D eigenvalue weighted by Gasteiger charge is -2.35. The molecule has 106 valence electrons. The zero-order valence-corrected chi connectivity index (χ0v) is 12.3. The van der Waals surface area contributed by atoms with Crippen molar-refractivity contribution in [2.45, 2.75) is 25.8 Å². The highest BCUT2D eigenvalue weighted by Crippen LogP contribution is 2.20. The zero-order valence-electron chi connectivity index (χ0n) is 11.5. The molecular formula is C12H25N3O2S. The van der Waals surface area contributed by atoms with E-state index in [4.69, 9.17) is 0 Å². The molecule has 0 aromatic rings. The normalized spacial score (nSPS) is 30.9. The largest absolute Gasteiger partial charge is 0.304 e. The molecular weight excluding hydrogens is 250 g/mol. The molecule has 2 saturated heterocycles. The first-order valence-corrected chi connectivity index (χ1v) is 8.54. The second kappa shape index (κ2) is 5.86. The van der Waals surface area contributed by atoms with E-state index >= 15 is 0 Å². The van der Waals surface area contributed by atoms with Gasteiger partial charge in [0.15, 0.2) is 0 Å². The van der Waals surface area contributed by atoms with Crippen molar-refractivity contribution in [2.75, 3.05) is 52.1 Å². The van der Waals surface area contributed by atoms with Gasteiger partial charge in [-0.05, 0) is 13.5 Å². The molecule has 0 spiro atoms. The number of hydrogen-bond acceptors (Lipinski definition) is 4. The van der Waals surface area contributed by atoms with E-state index in [2.05, 4.69) is 23.8 Å². The Kier molecular flexibility index (Phi) is 4.64. The van der Waals surface area contributed by atoms with Gasteiger partial charge in [0.1, 0.15) is 0 Å². The highest BCUT2D eigenvalue weighted by molar-refractivity contribution is 7.89. The van der Waals surface area contributed by atoms with Gasteiger partial charge in [-0.3, -0.25) is 4.90 Å². The highest BCUT2D eigenvalue weighted by atomic mass is 32.2. The lowest BCUT2D eigenvalue weighted by Crippen LogP contribution is -2.50. The van der Waals surface area contributed by atoms with E-state index in [-0.39, 0.29) is 6.04 Å². The summed E-state index contributed by atoms with van der Waals surface area (Å²) in [4.78, 5) is 4.65. The van der Waals surface area contributed by atoms with E-state index < -0.39 is 10.0 Å². The average molecular weight is 275 g/mol. The second-order valence-electron chi connectivity index (χ2n) is 5.48. The van der Waals surface area contributed by atoms with Crippen molar-refractivity contribution in [3.63, 3.8) is 0 Å². The second-order valence-corrected chi connectivity index (χ2v) is 7.50. The quantitative estimate of drug-likeness (QED) is 0.727. The van der Waals surface area contributed by atoms with Crippen LogP contribution in [0.3, 0.4) is 0 Å². The predicted molar refractivity (Wildman–Crippen MR) is 73.1 cm³/mol. The molecule has 6 heteroatoms. The maximum Gasteiger partial charge on any atom is 0.215 e. The third-order valence-corrected chi connectivity index (χ3v) is 5.95. The minimum atomic E-state index is -2.99. The smallest absolute Gasteiger partial charge is 0.215 e. The topological polar surface area (TPSA) is 43.9 Å². The standard InChI is InChI=1S/C12H25N3O2S/c1-3-4-5-15-10-12(11-18(15,16)17)14-8-6-13(2)7-9-14/h12H,3-11H2,1-2H3. The number of rotatable bonds is 4. The molecule has 1 unspecified atom stereocenters. The molecule has 0 bridgehead atoms. The molecule has 18 heavy (non-hydrogen) atoms. The molecule has 0 aromatic carbocycles. The summed E-state index contributed by atoms with van der Waals surface area (Å²) in [6, 6.07) is 0.209. The van der Waals surface area contributed by atoms with Crippen LogP contribution in [0.25, 0.3) is 0 Å². The fourth-order valence-corrected chi connectivity index (χ4v) is 4.54. The van der Waals surface area contributed by atoms with Crippen molar-refractivity contribution in [3.8, 4) is 0 Å². The van der Waals surface area contributed by atoms with Crippen LogP contribution in [0.15, 0.2) is 0 Å². The van der Waals surface area contributed by atoms with Crippen molar-refractivity contribution in [1.82, 2.24) is 14.1 Å². The van der Waals surface area contributed by atoms with Crippen LogP contribution in [0.1, 0.15) is 19.8 Å². The molecule has 2 fully saturated rings. The van der Waals surface area contributed by atoms with Crippen LogP contribution in [-0.4, -0.2) is 80.6 Å². The van der Waals surface area contributed by atoms with Crippen molar-refractivity contribution in [2.24, 2.45) is 0 Å². The predicted octanol–water partition coefficient (Wildman–Crippen LogP) is 0.0479. The van der Waals surface area contributed by atoms with E-state index in [1.807, 2.05) is 0 Å². The van der Waals surface area contributed by atoms with Gasteiger partial charge in [-0.1, -0.05) is 13.3 Å². The minimum Gasteiger partial charge on any atom is -0.304 e. The van der Waals surface area contributed by atoms with E-state index in [0.29, 0.717) is 18.8 Å². The third kappa shape index (κ3) is 3.23. The number of hydrogen-bond donors (Lipinski definition) is 0. The van der Waals surface area contributed by atoms with Gasteiger partial charge in [0, 0.05) is 45.3 Å². The molecule has 0 N–H and O–H groups in total.